The first-order valence-electron chi connectivity index (χ1n) is 10.8. The summed E-state index contributed by atoms with van der Waals surface area (Å²) in [4.78, 5) is 19.7. The lowest BCUT2D eigenvalue weighted by Gasteiger charge is -2.29. The summed E-state index contributed by atoms with van der Waals surface area (Å²) in [5.74, 6) is 2.68. The molecule has 174 valence electrons. The number of benzene rings is 2. The molecule has 3 heterocycles. The predicted molar refractivity (Wildman–Crippen MR) is 124 cm³/mol. The number of nitrogens with zero attached hydrogens (tertiary/aromatic N) is 2. The molecule has 0 bridgehead atoms. The molecule has 2 aromatic carbocycles. The fourth-order valence-corrected chi connectivity index (χ4v) is 4.21. The van der Waals surface area contributed by atoms with E-state index in [9.17, 15) is 4.79 Å². The van der Waals surface area contributed by atoms with Crippen LogP contribution in [0, 0.1) is 0 Å². The summed E-state index contributed by atoms with van der Waals surface area (Å²) in [5.41, 5.74) is 2.93. The lowest BCUT2D eigenvalue weighted by atomic mass is 10.0. The number of Topliss-reactive ketones (excluding diaryl/α,β-unsaturated/α-hetero) is 1. The number of ketones is 1. The molecular weight excluding hydrogens is 436 g/mol. The van der Waals surface area contributed by atoms with Crippen molar-refractivity contribution in [3.05, 3.63) is 76.8 Å². The van der Waals surface area contributed by atoms with Gasteiger partial charge in [0.05, 0.1) is 38.2 Å². The van der Waals surface area contributed by atoms with Crippen molar-refractivity contribution in [1.82, 2.24) is 9.88 Å². The molecule has 0 saturated carbocycles. The number of methoxy groups -OCH3 is 3. The van der Waals surface area contributed by atoms with Gasteiger partial charge < -0.3 is 23.7 Å². The van der Waals surface area contributed by atoms with Crippen LogP contribution in [0.1, 0.15) is 27.2 Å². The van der Waals surface area contributed by atoms with E-state index in [1.54, 1.807) is 37.6 Å². The molecule has 2 aliphatic rings. The number of rotatable bonds is 6. The average molecular weight is 460 g/mol. The Hall–Kier alpha value is -4.04. The smallest absolute Gasteiger partial charge is 0.231 e. The molecular formula is C26H24N2O6. The number of aromatic nitrogens is 1. The minimum Gasteiger partial charge on any atom is -0.493 e. The van der Waals surface area contributed by atoms with Crippen LogP contribution in [0.3, 0.4) is 0 Å². The Morgan fingerprint density at radius 1 is 1.03 bits per heavy atom. The lowest BCUT2D eigenvalue weighted by Crippen LogP contribution is -2.32. The SMILES string of the molecule is COc1ccc(/C=C2\Oc3c(ccc4c3CN(Cc3ccccn3)CO4)C2=O)c(OC)c1OC. The van der Waals surface area contributed by atoms with Crippen LogP contribution in [0.4, 0.5) is 0 Å². The maximum absolute atomic E-state index is 13.2. The third-order valence-electron chi connectivity index (χ3n) is 5.82. The van der Waals surface area contributed by atoms with Crippen molar-refractivity contribution in [3.8, 4) is 28.7 Å². The molecule has 0 atom stereocenters. The first-order chi connectivity index (χ1) is 16.6. The number of fused-ring (bicyclic) bond motifs is 3. The van der Waals surface area contributed by atoms with E-state index in [2.05, 4.69) is 9.88 Å². The van der Waals surface area contributed by atoms with Gasteiger partial charge >= 0.3 is 0 Å². The fraction of sp³-hybridized carbons (Fsp3) is 0.231. The maximum Gasteiger partial charge on any atom is 0.231 e. The zero-order chi connectivity index (χ0) is 23.7. The van der Waals surface area contributed by atoms with Crippen molar-refractivity contribution in [1.29, 1.82) is 0 Å². The molecule has 1 aromatic heterocycles. The van der Waals surface area contributed by atoms with E-state index in [-0.39, 0.29) is 11.5 Å². The number of hydrogen-bond donors (Lipinski definition) is 0. The van der Waals surface area contributed by atoms with Crippen molar-refractivity contribution in [2.24, 2.45) is 0 Å². The molecule has 34 heavy (non-hydrogen) atoms. The Balaban J connectivity index is 1.46. The van der Waals surface area contributed by atoms with Crippen molar-refractivity contribution in [2.75, 3.05) is 28.1 Å². The topological polar surface area (TPSA) is 79.4 Å². The van der Waals surface area contributed by atoms with E-state index in [1.807, 2.05) is 24.3 Å². The molecule has 8 nitrogen and oxygen atoms in total. The van der Waals surface area contributed by atoms with Crippen LogP contribution in [0.5, 0.6) is 28.7 Å². The molecule has 0 radical (unpaired) electrons. The van der Waals surface area contributed by atoms with Crippen LogP contribution in [0.15, 0.2) is 54.4 Å². The van der Waals surface area contributed by atoms with Gasteiger partial charge in [-0.25, -0.2) is 0 Å². The second-order valence-electron chi connectivity index (χ2n) is 7.86. The number of pyridine rings is 1. The van der Waals surface area contributed by atoms with Gasteiger partial charge in [0, 0.05) is 24.8 Å². The second-order valence-corrected chi connectivity index (χ2v) is 7.86. The monoisotopic (exact) mass is 460 g/mol. The largest absolute Gasteiger partial charge is 0.493 e. The summed E-state index contributed by atoms with van der Waals surface area (Å²) in [5, 5.41) is 0. The van der Waals surface area contributed by atoms with Crippen molar-refractivity contribution < 1.29 is 28.5 Å². The number of ether oxygens (including phenoxy) is 5. The third kappa shape index (κ3) is 3.82. The van der Waals surface area contributed by atoms with Gasteiger partial charge in [-0.15, -0.1) is 0 Å². The zero-order valence-corrected chi connectivity index (χ0v) is 19.2. The van der Waals surface area contributed by atoms with Crippen LogP contribution in [0.25, 0.3) is 6.08 Å². The Morgan fingerprint density at radius 3 is 2.62 bits per heavy atom. The van der Waals surface area contributed by atoms with E-state index >= 15 is 0 Å². The molecule has 0 aliphatic carbocycles. The van der Waals surface area contributed by atoms with Gasteiger partial charge in [-0.1, -0.05) is 6.07 Å². The normalized spacial score (nSPS) is 15.9. The van der Waals surface area contributed by atoms with E-state index in [0.29, 0.717) is 59.7 Å². The summed E-state index contributed by atoms with van der Waals surface area (Å²) < 4.78 is 28.4. The quantitative estimate of drug-likeness (QED) is 0.510. The molecule has 3 aromatic rings. The van der Waals surface area contributed by atoms with Crippen molar-refractivity contribution >= 4 is 11.9 Å². The Bertz CT molecular complexity index is 1270. The third-order valence-corrected chi connectivity index (χ3v) is 5.82. The average Bonchev–Trinajstić information content (AvgIpc) is 3.19. The predicted octanol–water partition coefficient (Wildman–Crippen LogP) is 4.08. The summed E-state index contributed by atoms with van der Waals surface area (Å²) in [6.07, 6.45) is 3.43. The van der Waals surface area contributed by atoms with Gasteiger partial charge in [0.25, 0.3) is 0 Å². The minimum absolute atomic E-state index is 0.198. The number of hydrogen-bond acceptors (Lipinski definition) is 8. The summed E-state index contributed by atoms with van der Waals surface area (Å²) >= 11 is 0. The van der Waals surface area contributed by atoms with Crippen molar-refractivity contribution in [3.63, 3.8) is 0 Å². The standard InChI is InChI=1S/C26H24N2O6/c1-30-21-9-7-16(24(31-2)26(21)32-3)12-22-23(29)18-8-10-20-19(25(18)34-22)14-28(15-33-20)13-17-6-4-5-11-27-17/h4-12H,13-15H2,1-3H3/b22-12-. The van der Waals surface area contributed by atoms with Crippen LogP contribution >= 0.6 is 0 Å². The maximum atomic E-state index is 13.2. The molecule has 5 rings (SSSR count). The summed E-state index contributed by atoms with van der Waals surface area (Å²) in [7, 11) is 4.63. The van der Waals surface area contributed by atoms with E-state index in [4.69, 9.17) is 23.7 Å². The van der Waals surface area contributed by atoms with Crippen LogP contribution in [-0.2, 0) is 13.1 Å². The minimum atomic E-state index is -0.198. The van der Waals surface area contributed by atoms with E-state index in [0.717, 1.165) is 11.3 Å². The highest BCUT2D eigenvalue weighted by atomic mass is 16.5. The molecule has 0 N–H and O–H groups in total. The van der Waals surface area contributed by atoms with Crippen LogP contribution in [-0.4, -0.2) is 43.7 Å². The molecule has 0 amide bonds. The van der Waals surface area contributed by atoms with Gasteiger partial charge in [0.15, 0.2) is 17.3 Å². The van der Waals surface area contributed by atoms with E-state index < -0.39 is 0 Å². The van der Waals surface area contributed by atoms with Gasteiger partial charge in [-0.05, 0) is 42.5 Å². The van der Waals surface area contributed by atoms with E-state index in [1.165, 1.54) is 14.2 Å². The Morgan fingerprint density at radius 2 is 1.88 bits per heavy atom. The molecule has 0 saturated heterocycles. The summed E-state index contributed by atoms with van der Waals surface area (Å²) in [6, 6.07) is 12.9. The highest BCUT2D eigenvalue weighted by Gasteiger charge is 2.34. The molecule has 0 unspecified atom stereocenters. The van der Waals surface area contributed by atoms with Gasteiger partial charge in [-0.2, -0.15) is 0 Å². The molecule has 8 heteroatoms. The summed E-state index contributed by atoms with van der Waals surface area (Å²) in [6.45, 7) is 1.64. The Labute approximate surface area is 197 Å². The molecule has 0 spiro atoms. The molecule has 0 fully saturated rings. The number of carbonyl (C=O) groups excluding carboxylic acids is 1. The Kier molecular flexibility index (Phi) is 5.81. The van der Waals surface area contributed by atoms with Crippen LogP contribution < -0.4 is 23.7 Å². The molecule has 2 aliphatic heterocycles. The van der Waals surface area contributed by atoms with Gasteiger partial charge in [0.1, 0.15) is 18.2 Å². The van der Waals surface area contributed by atoms with Gasteiger partial charge in [0.2, 0.25) is 11.5 Å². The second kappa shape index (κ2) is 9.07. The number of carbonyl (C=O) groups is 1. The fourth-order valence-electron chi connectivity index (χ4n) is 4.21. The van der Waals surface area contributed by atoms with Gasteiger partial charge in [-0.3, -0.25) is 14.7 Å². The first kappa shape index (κ1) is 21.8. The highest BCUT2D eigenvalue weighted by molar-refractivity contribution is 6.15. The lowest BCUT2D eigenvalue weighted by molar-refractivity contribution is 0.0861. The zero-order valence-electron chi connectivity index (χ0n) is 19.2. The first-order valence-corrected chi connectivity index (χ1v) is 10.8. The number of allylic oxidation sites excluding steroid dienone is 1. The van der Waals surface area contributed by atoms with Crippen molar-refractivity contribution in [2.45, 2.75) is 13.1 Å². The highest BCUT2D eigenvalue weighted by Crippen LogP contribution is 2.44. The van der Waals surface area contributed by atoms with Crippen LogP contribution in [0.2, 0.25) is 0 Å².